The summed E-state index contributed by atoms with van der Waals surface area (Å²) in [6.45, 7) is 2.49. The van der Waals surface area contributed by atoms with Gasteiger partial charge in [-0.15, -0.1) is 0 Å². The second-order valence-corrected chi connectivity index (χ2v) is 8.68. The Morgan fingerprint density at radius 2 is 1.75 bits per heavy atom. The van der Waals surface area contributed by atoms with Gasteiger partial charge in [0.05, 0.1) is 10.6 Å². The minimum Gasteiger partial charge on any atom is -0.321 e. The van der Waals surface area contributed by atoms with Gasteiger partial charge in [0.15, 0.2) is 9.84 Å². The molecule has 0 aromatic heterocycles. The van der Waals surface area contributed by atoms with Crippen LogP contribution in [-0.2, 0) is 9.84 Å². The summed E-state index contributed by atoms with van der Waals surface area (Å²) in [6.07, 6.45) is 1.12. The van der Waals surface area contributed by atoms with Gasteiger partial charge in [-0.1, -0.05) is 12.1 Å². The maximum atomic E-state index is 12.7. The summed E-state index contributed by atoms with van der Waals surface area (Å²) in [4.78, 5) is 27.1. The standard InChI is InChI=1S/C21H18N2O4S/c1-3-23-18-12-11-17(15-5-4-6-16(19(15)18)21(23)25)22-20(24)13-7-9-14(10-8-13)28(2,26)27/h4-12H,3H2,1-2H3,(H,22,24). The third-order valence-electron chi connectivity index (χ3n) is 4.89. The van der Waals surface area contributed by atoms with Crippen LogP contribution in [-0.4, -0.2) is 33.0 Å². The van der Waals surface area contributed by atoms with Crippen molar-refractivity contribution in [3.63, 3.8) is 0 Å². The lowest BCUT2D eigenvalue weighted by Gasteiger charge is -2.15. The molecule has 3 aromatic rings. The van der Waals surface area contributed by atoms with Crippen molar-refractivity contribution in [2.24, 2.45) is 0 Å². The monoisotopic (exact) mass is 394 g/mol. The van der Waals surface area contributed by atoms with E-state index in [1.165, 1.54) is 24.3 Å². The third kappa shape index (κ3) is 2.84. The fraction of sp³-hybridized carbons (Fsp3) is 0.143. The van der Waals surface area contributed by atoms with E-state index in [9.17, 15) is 18.0 Å². The highest BCUT2D eigenvalue weighted by molar-refractivity contribution is 7.90. The number of amides is 2. The van der Waals surface area contributed by atoms with E-state index in [0.717, 1.165) is 22.7 Å². The summed E-state index contributed by atoms with van der Waals surface area (Å²) in [5.74, 6) is -0.389. The van der Waals surface area contributed by atoms with Gasteiger partial charge in [-0.3, -0.25) is 9.59 Å². The van der Waals surface area contributed by atoms with Crippen LogP contribution >= 0.6 is 0 Å². The van der Waals surface area contributed by atoms with Crippen molar-refractivity contribution in [3.8, 4) is 0 Å². The molecule has 0 atom stereocenters. The molecule has 1 N–H and O–H groups in total. The summed E-state index contributed by atoms with van der Waals surface area (Å²) < 4.78 is 23.1. The normalized spacial score (nSPS) is 13.2. The Morgan fingerprint density at radius 1 is 1.04 bits per heavy atom. The zero-order chi connectivity index (χ0) is 20.1. The molecule has 1 aliphatic rings. The number of carbonyl (C=O) groups excluding carboxylic acids is 2. The fourth-order valence-electron chi connectivity index (χ4n) is 3.52. The first-order chi connectivity index (χ1) is 13.3. The van der Waals surface area contributed by atoms with E-state index >= 15 is 0 Å². The SMILES string of the molecule is CCN1C(=O)c2cccc3c(NC(=O)c4ccc(S(C)(=O)=O)cc4)ccc1c23. The van der Waals surface area contributed by atoms with Crippen LogP contribution in [0.15, 0.2) is 59.5 Å². The molecule has 4 rings (SSSR count). The highest BCUT2D eigenvalue weighted by Crippen LogP contribution is 2.40. The minimum absolute atomic E-state index is 0.0389. The summed E-state index contributed by atoms with van der Waals surface area (Å²) >= 11 is 0. The molecule has 142 valence electrons. The van der Waals surface area contributed by atoms with E-state index in [-0.39, 0.29) is 16.7 Å². The number of sulfone groups is 1. The first-order valence-corrected chi connectivity index (χ1v) is 10.7. The zero-order valence-electron chi connectivity index (χ0n) is 15.4. The average molecular weight is 394 g/mol. The van der Waals surface area contributed by atoms with Gasteiger partial charge in [0, 0.05) is 40.4 Å². The molecule has 1 heterocycles. The molecular formula is C21H18N2O4S. The van der Waals surface area contributed by atoms with Crippen LogP contribution in [0.5, 0.6) is 0 Å². The van der Waals surface area contributed by atoms with Gasteiger partial charge in [-0.05, 0) is 49.4 Å². The molecule has 1 aliphatic heterocycles. The van der Waals surface area contributed by atoms with E-state index in [0.29, 0.717) is 23.4 Å². The lowest BCUT2D eigenvalue weighted by atomic mass is 10.0. The smallest absolute Gasteiger partial charge is 0.258 e. The summed E-state index contributed by atoms with van der Waals surface area (Å²) in [6, 6.07) is 14.9. The number of nitrogens with one attached hydrogen (secondary N) is 1. The Bertz CT molecular complexity index is 1230. The molecule has 0 spiro atoms. The second kappa shape index (κ2) is 6.45. The number of nitrogens with zero attached hydrogens (tertiary/aromatic N) is 1. The Hall–Kier alpha value is -3.19. The number of hydrogen-bond acceptors (Lipinski definition) is 4. The molecule has 0 radical (unpaired) electrons. The van der Waals surface area contributed by atoms with Crippen molar-refractivity contribution in [2.45, 2.75) is 11.8 Å². The van der Waals surface area contributed by atoms with Gasteiger partial charge in [0.2, 0.25) is 0 Å². The Kier molecular flexibility index (Phi) is 4.19. The van der Waals surface area contributed by atoms with Crippen molar-refractivity contribution in [1.29, 1.82) is 0 Å². The molecular weight excluding hydrogens is 376 g/mol. The average Bonchev–Trinajstić information content (AvgIpc) is 2.96. The maximum absolute atomic E-state index is 12.7. The van der Waals surface area contributed by atoms with Crippen LogP contribution in [0, 0.1) is 0 Å². The first kappa shape index (κ1) is 18.2. The number of anilines is 2. The molecule has 0 fully saturated rings. The Morgan fingerprint density at radius 3 is 2.39 bits per heavy atom. The van der Waals surface area contributed by atoms with E-state index in [4.69, 9.17) is 0 Å². The highest BCUT2D eigenvalue weighted by atomic mass is 32.2. The van der Waals surface area contributed by atoms with E-state index in [1.807, 2.05) is 19.1 Å². The van der Waals surface area contributed by atoms with Crippen molar-refractivity contribution in [3.05, 3.63) is 65.7 Å². The van der Waals surface area contributed by atoms with Crippen molar-refractivity contribution in [1.82, 2.24) is 0 Å². The van der Waals surface area contributed by atoms with E-state index in [1.54, 1.807) is 23.1 Å². The predicted molar refractivity (Wildman–Crippen MR) is 109 cm³/mol. The summed E-state index contributed by atoms with van der Waals surface area (Å²) in [5, 5.41) is 4.50. The van der Waals surface area contributed by atoms with Crippen LogP contribution in [0.4, 0.5) is 11.4 Å². The quantitative estimate of drug-likeness (QED) is 0.734. The van der Waals surface area contributed by atoms with Gasteiger partial charge >= 0.3 is 0 Å². The first-order valence-electron chi connectivity index (χ1n) is 8.80. The molecule has 0 saturated heterocycles. The Balaban J connectivity index is 1.71. The third-order valence-corrected chi connectivity index (χ3v) is 6.02. The maximum Gasteiger partial charge on any atom is 0.258 e. The number of carbonyl (C=O) groups is 2. The van der Waals surface area contributed by atoms with Gasteiger partial charge < -0.3 is 10.2 Å². The molecule has 0 aliphatic carbocycles. The molecule has 3 aromatic carbocycles. The van der Waals surface area contributed by atoms with Gasteiger partial charge in [0.1, 0.15) is 0 Å². The predicted octanol–water partition coefficient (Wildman–Crippen LogP) is 3.48. The summed E-state index contributed by atoms with van der Waals surface area (Å²) in [7, 11) is -3.32. The van der Waals surface area contributed by atoms with Gasteiger partial charge in [-0.2, -0.15) is 0 Å². The Labute approximate surface area is 162 Å². The van der Waals surface area contributed by atoms with Crippen LogP contribution in [0.25, 0.3) is 10.8 Å². The summed E-state index contributed by atoms with van der Waals surface area (Å²) in [5.41, 5.74) is 2.42. The minimum atomic E-state index is -3.32. The van der Waals surface area contributed by atoms with Gasteiger partial charge in [-0.25, -0.2) is 8.42 Å². The second-order valence-electron chi connectivity index (χ2n) is 6.66. The fourth-order valence-corrected chi connectivity index (χ4v) is 4.15. The number of benzene rings is 3. The lowest BCUT2D eigenvalue weighted by Crippen LogP contribution is -2.25. The van der Waals surface area contributed by atoms with Crippen LogP contribution in [0.2, 0.25) is 0 Å². The lowest BCUT2D eigenvalue weighted by molar-refractivity contribution is 0.0992. The molecule has 2 amide bonds. The molecule has 28 heavy (non-hydrogen) atoms. The molecule has 0 saturated carbocycles. The molecule has 0 bridgehead atoms. The van der Waals surface area contributed by atoms with Crippen molar-refractivity contribution < 1.29 is 18.0 Å². The van der Waals surface area contributed by atoms with Crippen molar-refractivity contribution >= 4 is 43.8 Å². The van der Waals surface area contributed by atoms with Gasteiger partial charge in [0.25, 0.3) is 11.8 Å². The van der Waals surface area contributed by atoms with Crippen LogP contribution in [0.3, 0.4) is 0 Å². The number of hydrogen-bond donors (Lipinski definition) is 1. The van der Waals surface area contributed by atoms with Crippen molar-refractivity contribution in [2.75, 3.05) is 23.0 Å². The van der Waals surface area contributed by atoms with E-state index < -0.39 is 9.84 Å². The molecule has 6 nitrogen and oxygen atoms in total. The zero-order valence-corrected chi connectivity index (χ0v) is 16.2. The van der Waals surface area contributed by atoms with Crippen LogP contribution in [0.1, 0.15) is 27.6 Å². The molecule has 0 unspecified atom stereocenters. The highest BCUT2D eigenvalue weighted by Gasteiger charge is 2.29. The van der Waals surface area contributed by atoms with E-state index in [2.05, 4.69) is 5.32 Å². The topological polar surface area (TPSA) is 83.6 Å². The number of rotatable bonds is 4. The van der Waals surface area contributed by atoms with Crippen LogP contribution < -0.4 is 10.2 Å². The largest absolute Gasteiger partial charge is 0.321 e. The molecule has 7 heteroatoms.